The van der Waals surface area contributed by atoms with Crippen LogP contribution in [0.5, 0.6) is 0 Å². The van der Waals surface area contributed by atoms with E-state index in [1.807, 2.05) is 30.9 Å². The van der Waals surface area contributed by atoms with Crippen molar-refractivity contribution in [2.24, 2.45) is 0 Å². The summed E-state index contributed by atoms with van der Waals surface area (Å²) in [5.74, 6) is -0.227. The first-order chi connectivity index (χ1) is 14.7. The fraction of sp³-hybridized carbons (Fsp3) is 0.435. The number of carbonyl (C=O) groups excluding carboxylic acids is 1. The van der Waals surface area contributed by atoms with Gasteiger partial charge in [0, 0.05) is 44.8 Å². The number of rotatable bonds is 7. The standard InChI is InChI=1S/C23H30FN3O3S/c1-18-6-4-7-22(19(18)2)27(31(3,29)30)13-5-8-23(28)26-16-14-25(15-17-26)21-11-9-20(24)10-12-21/h4,6-7,9-12H,5,8,13-17H2,1-3H3. The summed E-state index contributed by atoms with van der Waals surface area (Å²) in [6.07, 6.45) is 1.95. The van der Waals surface area contributed by atoms with E-state index in [4.69, 9.17) is 0 Å². The fourth-order valence-electron chi connectivity index (χ4n) is 3.87. The quantitative estimate of drug-likeness (QED) is 0.653. The molecule has 31 heavy (non-hydrogen) atoms. The largest absolute Gasteiger partial charge is 0.368 e. The Hall–Kier alpha value is -2.61. The first kappa shape index (κ1) is 23.1. The van der Waals surface area contributed by atoms with Crippen molar-refractivity contribution in [3.05, 3.63) is 59.4 Å². The first-order valence-electron chi connectivity index (χ1n) is 10.5. The number of hydrogen-bond acceptors (Lipinski definition) is 4. The number of halogens is 1. The van der Waals surface area contributed by atoms with Gasteiger partial charge in [-0.15, -0.1) is 0 Å². The molecule has 0 bridgehead atoms. The van der Waals surface area contributed by atoms with Gasteiger partial charge in [0.05, 0.1) is 11.9 Å². The molecule has 6 nitrogen and oxygen atoms in total. The summed E-state index contributed by atoms with van der Waals surface area (Å²) in [7, 11) is -3.45. The third kappa shape index (κ3) is 5.76. The van der Waals surface area contributed by atoms with Crippen molar-refractivity contribution in [2.45, 2.75) is 26.7 Å². The molecule has 1 aliphatic heterocycles. The van der Waals surface area contributed by atoms with Crippen molar-refractivity contribution in [1.82, 2.24) is 4.90 Å². The molecule has 0 aliphatic carbocycles. The molecule has 0 aromatic heterocycles. The summed E-state index contributed by atoms with van der Waals surface area (Å²) in [6.45, 7) is 6.71. The van der Waals surface area contributed by atoms with Gasteiger partial charge in [0.25, 0.3) is 0 Å². The number of sulfonamides is 1. The molecular weight excluding hydrogens is 417 g/mol. The maximum absolute atomic E-state index is 13.1. The van der Waals surface area contributed by atoms with Gasteiger partial charge in [-0.25, -0.2) is 12.8 Å². The Morgan fingerprint density at radius 1 is 1.03 bits per heavy atom. The molecule has 3 rings (SSSR count). The van der Waals surface area contributed by atoms with Crippen LogP contribution in [0.4, 0.5) is 15.8 Å². The zero-order valence-corrected chi connectivity index (χ0v) is 19.2. The van der Waals surface area contributed by atoms with Gasteiger partial charge in [0.1, 0.15) is 5.82 Å². The van der Waals surface area contributed by atoms with E-state index < -0.39 is 10.0 Å². The van der Waals surface area contributed by atoms with Gasteiger partial charge in [0.2, 0.25) is 15.9 Å². The smallest absolute Gasteiger partial charge is 0.232 e. The van der Waals surface area contributed by atoms with E-state index in [1.165, 1.54) is 22.7 Å². The van der Waals surface area contributed by atoms with Crippen LogP contribution in [0.25, 0.3) is 0 Å². The van der Waals surface area contributed by atoms with Gasteiger partial charge in [-0.3, -0.25) is 9.10 Å². The molecule has 168 valence electrons. The Morgan fingerprint density at radius 3 is 2.29 bits per heavy atom. The molecule has 0 atom stereocenters. The lowest BCUT2D eigenvalue weighted by molar-refractivity contribution is -0.131. The summed E-state index contributed by atoms with van der Waals surface area (Å²) in [5, 5.41) is 0. The number of carbonyl (C=O) groups is 1. The normalized spacial score (nSPS) is 14.6. The predicted octanol–water partition coefficient (Wildman–Crippen LogP) is 3.34. The zero-order chi connectivity index (χ0) is 22.6. The van der Waals surface area contributed by atoms with Crippen LogP contribution in [0, 0.1) is 19.7 Å². The van der Waals surface area contributed by atoms with Crippen LogP contribution < -0.4 is 9.21 Å². The maximum Gasteiger partial charge on any atom is 0.232 e. The Morgan fingerprint density at radius 2 is 1.68 bits per heavy atom. The van der Waals surface area contributed by atoms with Gasteiger partial charge in [-0.2, -0.15) is 0 Å². The molecule has 2 aromatic carbocycles. The summed E-state index contributed by atoms with van der Waals surface area (Å²) >= 11 is 0. The van der Waals surface area contributed by atoms with Crippen LogP contribution in [0.2, 0.25) is 0 Å². The number of anilines is 2. The molecule has 1 heterocycles. The van der Waals surface area contributed by atoms with Gasteiger partial charge < -0.3 is 9.80 Å². The van der Waals surface area contributed by atoms with Crippen LogP contribution in [0.1, 0.15) is 24.0 Å². The lowest BCUT2D eigenvalue weighted by atomic mass is 10.1. The summed E-state index contributed by atoms with van der Waals surface area (Å²) in [5.41, 5.74) is 3.58. The molecule has 8 heteroatoms. The molecule has 0 radical (unpaired) electrons. The summed E-state index contributed by atoms with van der Waals surface area (Å²) < 4.78 is 39.2. The predicted molar refractivity (Wildman–Crippen MR) is 123 cm³/mol. The van der Waals surface area contributed by atoms with Crippen LogP contribution >= 0.6 is 0 Å². The Balaban J connectivity index is 1.54. The van der Waals surface area contributed by atoms with E-state index in [1.54, 1.807) is 18.2 Å². The minimum atomic E-state index is -3.45. The monoisotopic (exact) mass is 447 g/mol. The van der Waals surface area contributed by atoms with Crippen LogP contribution in [-0.2, 0) is 14.8 Å². The highest BCUT2D eigenvalue weighted by Gasteiger charge is 2.23. The Bertz CT molecular complexity index is 1020. The van der Waals surface area contributed by atoms with Gasteiger partial charge in [-0.1, -0.05) is 12.1 Å². The minimum absolute atomic E-state index is 0.0353. The van der Waals surface area contributed by atoms with Crippen molar-refractivity contribution in [3.8, 4) is 0 Å². The van der Waals surface area contributed by atoms with Crippen molar-refractivity contribution in [2.75, 3.05) is 48.2 Å². The molecule has 0 spiro atoms. The molecule has 2 aromatic rings. The molecule has 0 saturated carbocycles. The number of piperazine rings is 1. The average Bonchev–Trinajstić information content (AvgIpc) is 2.73. The van der Waals surface area contributed by atoms with Crippen molar-refractivity contribution >= 4 is 27.3 Å². The minimum Gasteiger partial charge on any atom is -0.368 e. The highest BCUT2D eigenvalue weighted by molar-refractivity contribution is 7.92. The number of hydrogen-bond donors (Lipinski definition) is 0. The molecule has 0 N–H and O–H groups in total. The van der Waals surface area contributed by atoms with Gasteiger partial charge in [-0.05, 0) is 61.7 Å². The second-order valence-corrected chi connectivity index (χ2v) is 9.91. The molecule has 1 saturated heterocycles. The molecule has 1 fully saturated rings. The SMILES string of the molecule is Cc1cccc(N(CCCC(=O)N2CCN(c3ccc(F)cc3)CC2)S(C)(=O)=O)c1C. The Kier molecular flexibility index (Phi) is 7.20. The van der Waals surface area contributed by atoms with Crippen LogP contribution in [0.3, 0.4) is 0 Å². The molecule has 1 aliphatic rings. The van der Waals surface area contributed by atoms with E-state index in [0.717, 1.165) is 16.8 Å². The average molecular weight is 448 g/mol. The topological polar surface area (TPSA) is 60.9 Å². The maximum atomic E-state index is 13.1. The number of benzene rings is 2. The highest BCUT2D eigenvalue weighted by Crippen LogP contribution is 2.25. The van der Waals surface area contributed by atoms with E-state index in [-0.39, 0.29) is 18.3 Å². The van der Waals surface area contributed by atoms with Crippen LogP contribution in [-0.4, -0.2) is 58.2 Å². The van der Waals surface area contributed by atoms with Gasteiger partial charge in [0.15, 0.2) is 0 Å². The van der Waals surface area contributed by atoms with Crippen molar-refractivity contribution < 1.29 is 17.6 Å². The van der Waals surface area contributed by atoms with Crippen molar-refractivity contribution in [3.63, 3.8) is 0 Å². The summed E-state index contributed by atoms with van der Waals surface area (Å²) in [6, 6.07) is 12.0. The number of aryl methyl sites for hydroxylation is 1. The number of amides is 1. The third-order valence-electron chi connectivity index (χ3n) is 5.82. The fourth-order valence-corrected chi connectivity index (χ4v) is 4.88. The van der Waals surface area contributed by atoms with Crippen LogP contribution in [0.15, 0.2) is 42.5 Å². The van der Waals surface area contributed by atoms with Gasteiger partial charge >= 0.3 is 0 Å². The second-order valence-electron chi connectivity index (χ2n) is 8.00. The lowest BCUT2D eigenvalue weighted by Crippen LogP contribution is -2.48. The molecule has 1 amide bonds. The first-order valence-corrected chi connectivity index (χ1v) is 12.3. The zero-order valence-electron chi connectivity index (χ0n) is 18.3. The van der Waals surface area contributed by atoms with E-state index in [0.29, 0.717) is 44.7 Å². The van der Waals surface area contributed by atoms with E-state index in [2.05, 4.69) is 4.90 Å². The lowest BCUT2D eigenvalue weighted by Gasteiger charge is -2.36. The van der Waals surface area contributed by atoms with E-state index >= 15 is 0 Å². The second kappa shape index (κ2) is 9.68. The van der Waals surface area contributed by atoms with E-state index in [9.17, 15) is 17.6 Å². The molecular formula is C23H30FN3O3S. The summed E-state index contributed by atoms with van der Waals surface area (Å²) in [4.78, 5) is 16.6. The third-order valence-corrected chi connectivity index (χ3v) is 7.00. The Labute approximate surface area is 184 Å². The highest BCUT2D eigenvalue weighted by atomic mass is 32.2. The van der Waals surface area contributed by atoms with Crippen molar-refractivity contribution in [1.29, 1.82) is 0 Å². The molecule has 0 unspecified atom stereocenters. The number of nitrogens with zero attached hydrogens (tertiary/aromatic N) is 3.